The molecule has 1 amide bonds. The third kappa shape index (κ3) is 4.38. The van der Waals surface area contributed by atoms with Gasteiger partial charge in [-0.3, -0.25) is 4.79 Å². The molecule has 0 spiro atoms. The van der Waals surface area contributed by atoms with E-state index in [0.717, 1.165) is 24.4 Å². The highest BCUT2D eigenvalue weighted by atomic mass is 16.3. The Balaban J connectivity index is 1.98. The third-order valence-electron chi connectivity index (χ3n) is 3.51. The van der Waals surface area contributed by atoms with Crippen LogP contribution in [0.1, 0.15) is 25.7 Å². The molecule has 1 aromatic rings. The van der Waals surface area contributed by atoms with Crippen LogP contribution in [0.5, 0.6) is 0 Å². The predicted octanol–water partition coefficient (Wildman–Crippen LogP) is 2.77. The van der Waals surface area contributed by atoms with Gasteiger partial charge < -0.3 is 15.7 Å². The maximum Gasteiger partial charge on any atom is 0.250 e. The minimum atomic E-state index is -0.498. The van der Waals surface area contributed by atoms with Crippen molar-refractivity contribution < 1.29 is 9.90 Å². The summed E-state index contributed by atoms with van der Waals surface area (Å²) in [5.74, 6) is 0.359. The summed E-state index contributed by atoms with van der Waals surface area (Å²) >= 11 is 0. The number of carbonyl (C=O) groups is 1. The first-order valence-corrected chi connectivity index (χ1v) is 7.11. The van der Waals surface area contributed by atoms with Gasteiger partial charge in [0.1, 0.15) is 6.61 Å². The van der Waals surface area contributed by atoms with Gasteiger partial charge in [0.2, 0.25) is 5.91 Å². The van der Waals surface area contributed by atoms with Gasteiger partial charge in [0.05, 0.1) is 0 Å². The molecule has 20 heavy (non-hydrogen) atoms. The number of allylic oxidation sites excluding steroid dienone is 1. The highest BCUT2D eigenvalue weighted by Crippen LogP contribution is 2.36. The Labute approximate surface area is 119 Å². The monoisotopic (exact) mass is 274 g/mol. The highest BCUT2D eigenvalue weighted by Gasteiger charge is 2.30. The summed E-state index contributed by atoms with van der Waals surface area (Å²) in [5.41, 5.74) is 1.70. The Kier molecular flexibility index (Phi) is 5.18. The molecule has 1 aliphatic rings. The smallest absolute Gasteiger partial charge is 0.250 e. The zero-order valence-corrected chi connectivity index (χ0v) is 11.6. The number of aliphatic hydroxyl groups is 1. The highest BCUT2D eigenvalue weighted by molar-refractivity contribution is 5.91. The van der Waals surface area contributed by atoms with Crippen molar-refractivity contribution in [3.63, 3.8) is 0 Å². The molecule has 1 unspecified atom stereocenters. The van der Waals surface area contributed by atoms with Gasteiger partial charge in [0.25, 0.3) is 0 Å². The topological polar surface area (TPSA) is 61.4 Å². The van der Waals surface area contributed by atoms with Gasteiger partial charge in [-0.25, -0.2) is 0 Å². The van der Waals surface area contributed by atoms with Gasteiger partial charge >= 0.3 is 0 Å². The molecule has 1 aromatic carbocycles. The van der Waals surface area contributed by atoms with Crippen molar-refractivity contribution in [3.8, 4) is 0 Å². The molecular formula is C16H22N2O2. The Morgan fingerprint density at radius 1 is 1.45 bits per heavy atom. The maximum atomic E-state index is 11.2. The average molecular weight is 274 g/mol. The zero-order valence-electron chi connectivity index (χ0n) is 11.6. The Bertz CT molecular complexity index is 469. The molecule has 0 saturated heterocycles. The van der Waals surface area contributed by atoms with Gasteiger partial charge in [0.15, 0.2) is 0 Å². The van der Waals surface area contributed by atoms with E-state index in [1.54, 1.807) is 0 Å². The standard InChI is InChI=1S/C16H22N2O2/c1-2-3-7-15(12-8-9-12)17-13-5-4-6-14(10-13)18-16(20)11-19/h2,4-6,10,12,15,17,19H,1,3,7-9,11H2,(H,18,20). The lowest BCUT2D eigenvalue weighted by atomic mass is 10.1. The second-order valence-corrected chi connectivity index (χ2v) is 5.24. The Morgan fingerprint density at radius 3 is 2.85 bits per heavy atom. The lowest BCUT2D eigenvalue weighted by molar-refractivity contribution is -0.118. The first-order chi connectivity index (χ1) is 9.72. The van der Waals surface area contributed by atoms with Crippen LogP contribution >= 0.6 is 0 Å². The van der Waals surface area contributed by atoms with Crippen LogP contribution in [0, 0.1) is 5.92 Å². The second-order valence-electron chi connectivity index (χ2n) is 5.24. The molecule has 1 atom stereocenters. The largest absolute Gasteiger partial charge is 0.387 e. The number of amides is 1. The molecule has 1 aliphatic carbocycles. The third-order valence-corrected chi connectivity index (χ3v) is 3.51. The van der Waals surface area contributed by atoms with Crippen molar-refractivity contribution in [2.75, 3.05) is 17.2 Å². The van der Waals surface area contributed by atoms with Gasteiger partial charge in [-0.15, -0.1) is 6.58 Å². The average Bonchev–Trinajstić information content (AvgIpc) is 3.28. The van der Waals surface area contributed by atoms with E-state index in [0.29, 0.717) is 11.7 Å². The van der Waals surface area contributed by atoms with E-state index in [2.05, 4.69) is 17.2 Å². The Morgan fingerprint density at radius 2 is 2.20 bits per heavy atom. The molecule has 2 rings (SSSR count). The number of benzene rings is 1. The zero-order chi connectivity index (χ0) is 14.4. The van der Waals surface area contributed by atoms with Crippen molar-refractivity contribution in [1.29, 1.82) is 0 Å². The quantitative estimate of drug-likeness (QED) is 0.639. The first kappa shape index (κ1) is 14.6. The van der Waals surface area contributed by atoms with Crippen molar-refractivity contribution in [1.82, 2.24) is 0 Å². The van der Waals surface area contributed by atoms with Crippen molar-refractivity contribution in [2.24, 2.45) is 5.92 Å². The van der Waals surface area contributed by atoms with E-state index in [9.17, 15) is 4.79 Å². The fraction of sp³-hybridized carbons (Fsp3) is 0.438. The van der Waals surface area contributed by atoms with Crippen LogP contribution in [-0.4, -0.2) is 23.7 Å². The molecule has 108 valence electrons. The number of aliphatic hydroxyl groups excluding tert-OH is 1. The molecule has 1 saturated carbocycles. The molecule has 4 heteroatoms. The van der Waals surface area contributed by atoms with Crippen molar-refractivity contribution in [2.45, 2.75) is 31.7 Å². The number of rotatable bonds is 8. The number of anilines is 2. The summed E-state index contributed by atoms with van der Waals surface area (Å²) in [4.78, 5) is 11.2. The summed E-state index contributed by atoms with van der Waals surface area (Å²) in [7, 11) is 0. The lowest BCUT2D eigenvalue weighted by Crippen LogP contribution is -2.22. The molecular weight excluding hydrogens is 252 g/mol. The summed E-state index contributed by atoms with van der Waals surface area (Å²) in [5, 5.41) is 14.9. The number of carbonyl (C=O) groups excluding carboxylic acids is 1. The normalized spacial score (nSPS) is 15.4. The van der Waals surface area contributed by atoms with E-state index < -0.39 is 12.5 Å². The summed E-state index contributed by atoms with van der Waals surface area (Å²) < 4.78 is 0. The summed E-state index contributed by atoms with van der Waals surface area (Å²) in [6.07, 6.45) is 6.62. The molecule has 3 N–H and O–H groups in total. The summed E-state index contributed by atoms with van der Waals surface area (Å²) in [6.45, 7) is 3.28. The maximum absolute atomic E-state index is 11.2. The lowest BCUT2D eigenvalue weighted by Gasteiger charge is -2.19. The van der Waals surface area contributed by atoms with E-state index in [4.69, 9.17) is 5.11 Å². The van der Waals surface area contributed by atoms with E-state index in [1.165, 1.54) is 12.8 Å². The number of hydrogen-bond acceptors (Lipinski definition) is 3. The van der Waals surface area contributed by atoms with Crippen LogP contribution in [0.3, 0.4) is 0 Å². The van der Waals surface area contributed by atoms with E-state index in [-0.39, 0.29) is 0 Å². The minimum absolute atomic E-state index is 0.396. The number of hydrogen-bond donors (Lipinski definition) is 3. The molecule has 0 heterocycles. The van der Waals surface area contributed by atoms with Crippen LogP contribution in [-0.2, 0) is 4.79 Å². The van der Waals surface area contributed by atoms with Gasteiger partial charge in [-0.1, -0.05) is 12.1 Å². The second kappa shape index (κ2) is 7.10. The molecule has 0 aliphatic heterocycles. The molecule has 1 fully saturated rings. The molecule has 0 aromatic heterocycles. The van der Waals surface area contributed by atoms with E-state index in [1.807, 2.05) is 30.3 Å². The van der Waals surface area contributed by atoms with Crippen LogP contribution in [0.2, 0.25) is 0 Å². The SMILES string of the molecule is C=CCCC(Nc1cccc(NC(=O)CO)c1)C1CC1. The van der Waals surface area contributed by atoms with Crippen LogP contribution in [0.4, 0.5) is 11.4 Å². The fourth-order valence-electron chi connectivity index (χ4n) is 2.32. The van der Waals surface area contributed by atoms with Crippen LogP contribution in [0.15, 0.2) is 36.9 Å². The fourth-order valence-corrected chi connectivity index (χ4v) is 2.32. The van der Waals surface area contributed by atoms with Gasteiger partial charge in [0, 0.05) is 17.4 Å². The van der Waals surface area contributed by atoms with Crippen LogP contribution < -0.4 is 10.6 Å². The molecule has 0 radical (unpaired) electrons. The van der Waals surface area contributed by atoms with Gasteiger partial charge in [-0.05, 0) is 49.8 Å². The predicted molar refractivity (Wildman–Crippen MR) is 81.7 cm³/mol. The molecule has 4 nitrogen and oxygen atoms in total. The minimum Gasteiger partial charge on any atom is -0.387 e. The van der Waals surface area contributed by atoms with Crippen molar-refractivity contribution in [3.05, 3.63) is 36.9 Å². The number of nitrogens with one attached hydrogen (secondary N) is 2. The van der Waals surface area contributed by atoms with Crippen molar-refractivity contribution >= 4 is 17.3 Å². The van der Waals surface area contributed by atoms with E-state index >= 15 is 0 Å². The summed E-state index contributed by atoms with van der Waals surface area (Å²) in [6, 6.07) is 8.08. The molecule has 0 bridgehead atoms. The Hall–Kier alpha value is -1.81. The van der Waals surface area contributed by atoms with Gasteiger partial charge in [-0.2, -0.15) is 0 Å². The van der Waals surface area contributed by atoms with Crippen LogP contribution in [0.25, 0.3) is 0 Å². The first-order valence-electron chi connectivity index (χ1n) is 7.11.